The Balaban J connectivity index is 2.24. The van der Waals surface area contributed by atoms with Crippen molar-refractivity contribution in [3.63, 3.8) is 0 Å². The van der Waals surface area contributed by atoms with Crippen molar-refractivity contribution in [2.45, 2.75) is 29.4 Å². The predicted molar refractivity (Wildman–Crippen MR) is 63.2 cm³/mol. The summed E-state index contributed by atoms with van der Waals surface area (Å²) in [6.45, 7) is 0. The van der Waals surface area contributed by atoms with Crippen LogP contribution in [-0.2, 0) is 15.6 Å². The maximum Gasteiger partial charge on any atom is 0.148 e. The van der Waals surface area contributed by atoms with E-state index in [-0.39, 0.29) is 11.0 Å². The molecule has 0 aromatic heterocycles. The highest BCUT2D eigenvalue weighted by Gasteiger charge is 2.30. The van der Waals surface area contributed by atoms with E-state index >= 15 is 0 Å². The number of benzene rings is 1. The predicted octanol–water partition coefficient (Wildman–Crippen LogP) is 2.68. The Morgan fingerprint density at radius 2 is 2.20 bits per heavy atom. The van der Waals surface area contributed by atoms with Gasteiger partial charge in [-0.15, -0.1) is 0 Å². The average Bonchev–Trinajstić information content (AvgIpc) is 2.63. The number of ketones is 1. The van der Waals surface area contributed by atoms with E-state index in [4.69, 9.17) is 0 Å². The molecular weight excluding hydrogens is 276 g/mol. The molecule has 2 atom stereocenters. The Labute approximate surface area is 99.7 Å². The number of hydrogen-bond acceptors (Lipinski definition) is 2. The fraction of sp³-hybridized carbons (Fsp3) is 0.364. The van der Waals surface area contributed by atoms with E-state index in [1.165, 1.54) is 0 Å². The van der Waals surface area contributed by atoms with Gasteiger partial charge < -0.3 is 0 Å². The molecule has 0 aliphatic heterocycles. The summed E-state index contributed by atoms with van der Waals surface area (Å²) in [5.41, 5.74) is 0. The fourth-order valence-corrected chi connectivity index (χ4v) is 3.84. The van der Waals surface area contributed by atoms with Gasteiger partial charge >= 0.3 is 0 Å². The van der Waals surface area contributed by atoms with Gasteiger partial charge in [-0.05, 0) is 31.0 Å². The van der Waals surface area contributed by atoms with Crippen molar-refractivity contribution in [3.05, 3.63) is 28.7 Å². The summed E-state index contributed by atoms with van der Waals surface area (Å²) in [6.07, 6.45) is 2.23. The van der Waals surface area contributed by atoms with Crippen LogP contribution in [0, 0.1) is 0 Å². The van der Waals surface area contributed by atoms with Crippen LogP contribution >= 0.6 is 15.9 Å². The Hall–Kier alpha value is -0.480. The molecule has 0 spiro atoms. The third-order valence-electron chi connectivity index (χ3n) is 2.54. The molecule has 0 N–H and O–H groups in total. The van der Waals surface area contributed by atoms with Crippen LogP contribution in [0.15, 0.2) is 33.6 Å². The van der Waals surface area contributed by atoms with Gasteiger partial charge in [-0.3, -0.25) is 9.00 Å². The molecule has 4 heteroatoms. The highest BCUT2D eigenvalue weighted by Crippen LogP contribution is 2.25. The van der Waals surface area contributed by atoms with Gasteiger partial charge in [0.25, 0.3) is 0 Å². The van der Waals surface area contributed by atoms with Gasteiger partial charge in [0, 0.05) is 15.8 Å². The topological polar surface area (TPSA) is 34.1 Å². The van der Waals surface area contributed by atoms with Gasteiger partial charge in [-0.2, -0.15) is 0 Å². The first-order valence-corrected chi connectivity index (χ1v) is 6.88. The minimum Gasteiger partial charge on any atom is -0.298 e. The average molecular weight is 287 g/mol. The Bertz CT molecular complexity index is 417. The zero-order valence-corrected chi connectivity index (χ0v) is 10.5. The molecule has 0 amide bonds. The third kappa shape index (κ3) is 2.37. The van der Waals surface area contributed by atoms with Gasteiger partial charge in [0.2, 0.25) is 0 Å². The lowest BCUT2D eigenvalue weighted by Crippen LogP contribution is -2.19. The van der Waals surface area contributed by atoms with E-state index < -0.39 is 10.8 Å². The number of carbonyl (C=O) groups excluding carboxylic acids is 1. The van der Waals surface area contributed by atoms with E-state index in [0.29, 0.717) is 6.42 Å². The van der Waals surface area contributed by atoms with E-state index in [0.717, 1.165) is 22.2 Å². The summed E-state index contributed by atoms with van der Waals surface area (Å²) >= 11 is 3.33. The normalized spacial score (nSPS) is 23.0. The van der Waals surface area contributed by atoms with Gasteiger partial charge in [-0.25, -0.2) is 0 Å². The van der Waals surface area contributed by atoms with Crippen LogP contribution in [-0.4, -0.2) is 15.2 Å². The van der Waals surface area contributed by atoms with Gasteiger partial charge in [0.1, 0.15) is 5.78 Å². The third-order valence-corrected chi connectivity index (χ3v) is 4.76. The van der Waals surface area contributed by atoms with Crippen molar-refractivity contribution in [2.75, 3.05) is 0 Å². The number of carbonyl (C=O) groups is 1. The summed E-state index contributed by atoms with van der Waals surface area (Å²) in [5.74, 6) is 0.147. The first-order chi connectivity index (χ1) is 7.18. The largest absolute Gasteiger partial charge is 0.298 e. The monoisotopic (exact) mass is 286 g/mol. The first-order valence-electron chi connectivity index (χ1n) is 4.87. The fourth-order valence-electron chi connectivity index (χ4n) is 1.77. The van der Waals surface area contributed by atoms with Crippen LogP contribution < -0.4 is 0 Å². The minimum atomic E-state index is -1.18. The quantitative estimate of drug-likeness (QED) is 0.838. The Kier molecular flexibility index (Phi) is 3.36. The molecule has 2 unspecified atom stereocenters. The zero-order valence-electron chi connectivity index (χ0n) is 8.11. The molecule has 1 saturated carbocycles. The van der Waals surface area contributed by atoms with Gasteiger partial charge in [-0.1, -0.05) is 22.0 Å². The standard InChI is InChI=1S/C11H11BrO2S/c12-8-3-1-4-9(7-8)15(14)11-6-2-5-10(11)13/h1,3-4,7,11H,2,5-6H2. The van der Waals surface area contributed by atoms with Crippen LogP contribution in [0.5, 0.6) is 0 Å². The first kappa shape index (κ1) is 11.0. The van der Waals surface area contributed by atoms with Crippen LogP contribution in [0.2, 0.25) is 0 Å². The number of rotatable bonds is 2. The van der Waals surface area contributed by atoms with Gasteiger partial charge in [0.05, 0.1) is 16.0 Å². The molecule has 2 rings (SSSR count). The molecule has 0 radical (unpaired) electrons. The summed E-state index contributed by atoms with van der Waals surface area (Å²) in [5, 5.41) is -0.278. The molecule has 1 aromatic rings. The van der Waals surface area contributed by atoms with Crippen LogP contribution in [0.25, 0.3) is 0 Å². The van der Waals surface area contributed by atoms with E-state index in [1.54, 1.807) is 0 Å². The summed E-state index contributed by atoms with van der Waals surface area (Å²) in [7, 11) is -1.18. The van der Waals surface area contributed by atoms with Gasteiger partial charge in [0.15, 0.2) is 0 Å². The molecule has 1 fully saturated rings. The summed E-state index contributed by atoms with van der Waals surface area (Å²) in [6, 6.07) is 7.36. The maximum atomic E-state index is 12.1. The molecule has 0 saturated heterocycles. The van der Waals surface area contributed by atoms with Crippen molar-refractivity contribution in [2.24, 2.45) is 0 Å². The van der Waals surface area contributed by atoms with Crippen molar-refractivity contribution in [1.29, 1.82) is 0 Å². The summed E-state index contributed by atoms with van der Waals surface area (Å²) in [4.78, 5) is 12.2. The Morgan fingerprint density at radius 1 is 1.40 bits per heavy atom. The van der Waals surface area contributed by atoms with Crippen molar-refractivity contribution >= 4 is 32.5 Å². The molecular formula is C11H11BrO2S. The molecule has 15 heavy (non-hydrogen) atoms. The number of halogens is 1. The van der Waals surface area contributed by atoms with Crippen molar-refractivity contribution < 1.29 is 9.00 Å². The second kappa shape index (κ2) is 4.58. The van der Waals surface area contributed by atoms with Crippen molar-refractivity contribution in [1.82, 2.24) is 0 Å². The highest BCUT2D eigenvalue weighted by molar-refractivity contribution is 9.10. The van der Waals surface area contributed by atoms with Crippen LogP contribution in [0.1, 0.15) is 19.3 Å². The molecule has 1 aliphatic rings. The minimum absolute atomic E-state index is 0.147. The molecule has 0 heterocycles. The lowest BCUT2D eigenvalue weighted by Gasteiger charge is -2.07. The maximum absolute atomic E-state index is 12.1. The van der Waals surface area contributed by atoms with Crippen molar-refractivity contribution in [3.8, 4) is 0 Å². The molecule has 2 nitrogen and oxygen atoms in total. The number of Topliss-reactive ketones (excluding diaryl/α,β-unsaturated/α-hetero) is 1. The molecule has 0 bridgehead atoms. The SMILES string of the molecule is O=C1CCCC1S(=O)c1cccc(Br)c1. The van der Waals surface area contributed by atoms with E-state index in [9.17, 15) is 9.00 Å². The molecule has 80 valence electrons. The molecule has 1 aromatic carbocycles. The van der Waals surface area contributed by atoms with E-state index in [1.807, 2.05) is 24.3 Å². The molecule has 1 aliphatic carbocycles. The highest BCUT2D eigenvalue weighted by atomic mass is 79.9. The summed E-state index contributed by atoms with van der Waals surface area (Å²) < 4.78 is 13.0. The van der Waals surface area contributed by atoms with Crippen LogP contribution in [0.3, 0.4) is 0 Å². The lowest BCUT2D eigenvalue weighted by molar-refractivity contribution is -0.117. The number of hydrogen-bond donors (Lipinski definition) is 0. The second-order valence-corrected chi connectivity index (χ2v) is 6.15. The van der Waals surface area contributed by atoms with Crippen LogP contribution in [0.4, 0.5) is 0 Å². The second-order valence-electron chi connectivity index (χ2n) is 3.60. The van der Waals surface area contributed by atoms with E-state index in [2.05, 4.69) is 15.9 Å². The zero-order chi connectivity index (χ0) is 10.8. The lowest BCUT2D eigenvalue weighted by atomic mass is 10.3. The smallest absolute Gasteiger partial charge is 0.148 e. The Morgan fingerprint density at radius 3 is 2.80 bits per heavy atom.